The molecule has 0 bridgehead atoms. The Morgan fingerprint density at radius 3 is 2.07 bits per heavy atom. The molecule has 0 spiro atoms. The number of likely N-dealkylation sites (N-methyl/N-ethyl adjacent to an activating group) is 1. The number of carbonyl (C=O) groups is 1. The average Bonchev–Trinajstić information content (AvgIpc) is 2.12. The fourth-order valence-electron chi connectivity index (χ4n) is 1.22. The van der Waals surface area contributed by atoms with Gasteiger partial charge in [-0.15, -0.1) is 0 Å². The molecular formula is C9H20NO3P. The van der Waals surface area contributed by atoms with Gasteiger partial charge in [0.25, 0.3) is 0 Å². The molecule has 0 fully saturated rings. The Labute approximate surface area is 87.5 Å². The Morgan fingerprint density at radius 1 is 1.43 bits per heavy atom. The number of carbonyl (C=O) groups excluding carboxylic acids is 1. The van der Waals surface area contributed by atoms with Crippen molar-refractivity contribution in [2.75, 3.05) is 20.8 Å². The standard InChI is InChI=1S/C9H20NO3P/c1-8(2,12)9(3,7(11)13-5)10(4)14-6/h12,14H,1-6H3. The Hall–Kier alpha value is -0.180. The number of rotatable bonds is 4. The lowest BCUT2D eigenvalue weighted by molar-refractivity contribution is -0.163. The second-order valence-electron chi connectivity index (χ2n) is 3.91. The molecule has 0 saturated heterocycles. The summed E-state index contributed by atoms with van der Waals surface area (Å²) in [5.74, 6) is -0.415. The summed E-state index contributed by atoms with van der Waals surface area (Å²) in [6, 6.07) is 0. The summed E-state index contributed by atoms with van der Waals surface area (Å²) in [5.41, 5.74) is -2.15. The summed E-state index contributed by atoms with van der Waals surface area (Å²) in [6.07, 6.45) is 0. The van der Waals surface area contributed by atoms with Gasteiger partial charge in [-0.25, -0.2) is 4.79 Å². The summed E-state index contributed by atoms with van der Waals surface area (Å²) in [5, 5.41) is 10.0. The van der Waals surface area contributed by atoms with Crippen molar-refractivity contribution >= 4 is 14.7 Å². The molecule has 0 radical (unpaired) electrons. The van der Waals surface area contributed by atoms with Crippen LogP contribution in [0.3, 0.4) is 0 Å². The maximum absolute atomic E-state index is 11.7. The Morgan fingerprint density at radius 2 is 1.86 bits per heavy atom. The highest BCUT2D eigenvalue weighted by Gasteiger charge is 2.50. The lowest BCUT2D eigenvalue weighted by atomic mass is 9.84. The van der Waals surface area contributed by atoms with Gasteiger partial charge in [-0.05, 0) is 34.5 Å². The highest BCUT2D eigenvalue weighted by Crippen LogP contribution is 2.34. The maximum atomic E-state index is 11.7. The Kier molecular flexibility index (Phi) is 4.50. The average molecular weight is 221 g/mol. The van der Waals surface area contributed by atoms with Crippen molar-refractivity contribution in [1.82, 2.24) is 4.67 Å². The molecule has 14 heavy (non-hydrogen) atoms. The monoisotopic (exact) mass is 221 g/mol. The van der Waals surface area contributed by atoms with Gasteiger partial charge in [-0.2, -0.15) is 0 Å². The molecule has 0 aromatic heterocycles. The van der Waals surface area contributed by atoms with E-state index in [1.165, 1.54) is 7.11 Å². The van der Waals surface area contributed by atoms with Crippen LogP contribution in [0.15, 0.2) is 0 Å². The number of hydrogen-bond acceptors (Lipinski definition) is 4. The van der Waals surface area contributed by atoms with Crippen molar-refractivity contribution < 1.29 is 14.6 Å². The van der Waals surface area contributed by atoms with Crippen LogP contribution >= 0.6 is 8.73 Å². The molecule has 0 aliphatic rings. The van der Waals surface area contributed by atoms with Crippen LogP contribution in [-0.4, -0.2) is 47.7 Å². The lowest BCUT2D eigenvalue weighted by Gasteiger charge is -2.43. The van der Waals surface area contributed by atoms with Crippen molar-refractivity contribution in [1.29, 1.82) is 0 Å². The second kappa shape index (κ2) is 4.56. The van der Waals surface area contributed by atoms with E-state index < -0.39 is 17.1 Å². The van der Waals surface area contributed by atoms with Crippen molar-refractivity contribution in [2.24, 2.45) is 0 Å². The van der Waals surface area contributed by atoms with Crippen molar-refractivity contribution in [3.8, 4) is 0 Å². The minimum absolute atomic E-state index is 0.415. The Bertz CT molecular complexity index is 215. The molecule has 0 aromatic rings. The smallest absolute Gasteiger partial charge is 0.329 e. The van der Waals surface area contributed by atoms with Crippen molar-refractivity contribution in [2.45, 2.75) is 31.9 Å². The van der Waals surface area contributed by atoms with Crippen LogP contribution in [0.25, 0.3) is 0 Å². The topological polar surface area (TPSA) is 49.8 Å². The lowest BCUT2D eigenvalue weighted by Crippen LogP contribution is -2.61. The molecule has 0 aliphatic carbocycles. The van der Waals surface area contributed by atoms with Gasteiger partial charge in [0, 0.05) is 0 Å². The molecule has 2 atom stereocenters. The third-order valence-electron chi connectivity index (χ3n) is 2.78. The molecule has 4 nitrogen and oxygen atoms in total. The molecule has 0 rings (SSSR count). The largest absolute Gasteiger partial charge is 0.468 e. The molecule has 0 saturated carbocycles. The quantitative estimate of drug-likeness (QED) is 0.564. The third-order valence-corrected chi connectivity index (χ3v) is 3.90. The SMILES string of the molecule is COC(=O)C(C)(N(C)PC)C(C)(C)O. The van der Waals surface area contributed by atoms with E-state index in [1.54, 1.807) is 32.5 Å². The number of aliphatic hydroxyl groups is 1. The van der Waals surface area contributed by atoms with E-state index in [1.807, 2.05) is 6.66 Å². The van der Waals surface area contributed by atoms with E-state index in [0.29, 0.717) is 8.73 Å². The van der Waals surface area contributed by atoms with Crippen LogP contribution in [-0.2, 0) is 9.53 Å². The van der Waals surface area contributed by atoms with Gasteiger partial charge in [0.2, 0.25) is 0 Å². The third kappa shape index (κ3) is 2.25. The van der Waals surface area contributed by atoms with Crippen LogP contribution in [0.5, 0.6) is 0 Å². The van der Waals surface area contributed by atoms with Crippen molar-refractivity contribution in [3.63, 3.8) is 0 Å². The van der Waals surface area contributed by atoms with E-state index >= 15 is 0 Å². The molecule has 0 heterocycles. The fraction of sp³-hybridized carbons (Fsp3) is 0.889. The molecule has 5 heteroatoms. The first kappa shape index (κ1) is 13.8. The molecule has 0 amide bonds. The minimum atomic E-state index is -1.14. The molecule has 84 valence electrons. The highest BCUT2D eigenvalue weighted by atomic mass is 31.1. The molecular weight excluding hydrogens is 201 g/mol. The normalized spacial score (nSPS) is 17.4. The highest BCUT2D eigenvalue weighted by molar-refractivity contribution is 7.34. The number of methoxy groups -OCH3 is 1. The van der Waals surface area contributed by atoms with Gasteiger partial charge in [0.05, 0.1) is 12.7 Å². The van der Waals surface area contributed by atoms with Gasteiger partial charge >= 0.3 is 5.97 Å². The number of hydrogen-bond donors (Lipinski definition) is 1. The van der Waals surface area contributed by atoms with Gasteiger partial charge in [-0.3, -0.25) is 4.67 Å². The number of nitrogens with zero attached hydrogens (tertiary/aromatic N) is 1. The summed E-state index contributed by atoms with van der Waals surface area (Å²) in [6.45, 7) is 6.86. The van der Waals surface area contributed by atoms with Crippen molar-refractivity contribution in [3.05, 3.63) is 0 Å². The minimum Gasteiger partial charge on any atom is -0.468 e. The zero-order valence-electron chi connectivity index (χ0n) is 9.71. The van der Waals surface area contributed by atoms with Gasteiger partial charge < -0.3 is 9.84 Å². The van der Waals surface area contributed by atoms with Crippen LogP contribution in [0.4, 0.5) is 0 Å². The second-order valence-corrected chi connectivity index (χ2v) is 5.02. The molecule has 1 N–H and O–H groups in total. The van der Waals surface area contributed by atoms with Gasteiger partial charge in [0.1, 0.15) is 5.54 Å². The molecule has 2 unspecified atom stereocenters. The van der Waals surface area contributed by atoms with E-state index in [4.69, 9.17) is 4.74 Å². The number of ether oxygens (including phenoxy) is 1. The molecule has 0 aromatic carbocycles. The molecule has 0 aliphatic heterocycles. The summed E-state index contributed by atoms with van der Waals surface area (Å²) in [7, 11) is 3.56. The van der Waals surface area contributed by atoms with Gasteiger partial charge in [0.15, 0.2) is 0 Å². The van der Waals surface area contributed by atoms with Crippen LogP contribution in [0.1, 0.15) is 20.8 Å². The summed E-state index contributed by atoms with van der Waals surface area (Å²) in [4.78, 5) is 11.7. The van der Waals surface area contributed by atoms with Crippen LogP contribution in [0, 0.1) is 0 Å². The van der Waals surface area contributed by atoms with Crippen LogP contribution < -0.4 is 0 Å². The zero-order chi connectivity index (χ0) is 11.6. The summed E-state index contributed by atoms with van der Waals surface area (Å²) >= 11 is 0. The predicted molar refractivity (Wildman–Crippen MR) is 58.7 cm³/mol. The predicted octanol–water partition coefficient (Wildman–Crippen LogP) is 0.844. The first-order valence-corrected chi connectivity index (χ1v) is 5.88. The number of esters is 1. The van der Waals surface area contributed by atoms with E-state index in [9.17, 15) is 9.90 Å². The van der Waals surface area contributed by atoms with Crippen LogP contribution in [0.2, 0.25) is 0 Å². The van der Waals surface area contributed by atoms with E-state index in [2.05, 4.69) is 0 Å². The van der Waals surface area contributed by atoms with Gasteiger partial charge in [-0.1, -0.05) is 8.73 Å². The Balaban J connectivity index is 5.16. The maximum Gasteiger partial charge on any atom is 0.329 e. The zero-order valence-corrected chi connectivity index (χ0v) is 10.7. The van der Waals surface area contributed by atoms with E-state index in [-0.39, 0.29) is 0 Å². The summed E-state index contributed by atoms with van der Waals surface area (Å²) < 4.78 is 6.53. The fourth-order valence-corrected chi connectivity index (χ4v) is 2.03. The first-order valence-electron chi connectivity index (χ1n) is 4.43. The van der Waals surface area contributed by atoms with E-state index in [0.717, 1.165) is 0 Å². The first-order chi connectivity index (χ1) is 6.21.